The fourth-order valence-electron chi connectivity index (χ4n) is 8.33. The first-order valence-electron chi connectivity index (χ1n) is 12.6. The molecule has 0 spiro atoms. The minimum atomic E-state index is -0.843. The lowest BCUT2D eigenvalue weighted by Crippen LogP contribution is -2.55. The van der Waals surface area contributed by atoms with E-state index in [1.807, 2.05) is 24.3 Å². The number of ketones is 1. The van der Waals surface area contributed by atoms with Gasteiger partial charge in [0.15, 0.2) is 5.78 Å². The van der Waals surface area contributed by atoms with Crippen molar-refractivity contribution < 1.29 is 15.0 Å². The predicted octanol–water partition coefficient (Wildman–Crippen LogP) is 4.89. The summed E-state index contributed by atoms with van der Waals surface area (Å²) in [4.78, 5) is 12.4. The predicted molar refractivity (Wildman–Crippen MR) is 127 cm³/mol. The van der Waals surface area contributed by atoms with Crippen molar-refractivity contribution in [2.75, 3.05) is 6.61 Å². The number of rotatable bonds is 4. The van der Waals surface area contributed by atoms with Gasteiger partial charge in [0.05, 0.1) is 23.8 Å². The fraction of sp³-hybridized carbons (Fsp3) is 0.586. The molecule has 1 aromatic carbocycles. The normalized spacial score (nSPS) is 40.0. The van der Waals surface area contributed by atoms with Crippen molar-refractivity contribution in [3.05, 3.63) is 59.2 Å². The van der Waals surface area contributed by atoms with E-state index >= 15 is 0 Å². The molecule has 0 unspecified atom stereocenters. The van der Waals surface area contributed by atoms with Crippen LogP contribution in [0.3, 0.4) is 0 Å². The average Bonchev–Trinajstić information content (AvgIpc) is 3.09. The minimum absolute atomic E-state index is 0.00790. The number of allylic oxidation sites excluding steroid dienone is 1. The van der Waals surface area contributed by atoms with E-state index in [9.17, 15) is 20.3 Å². The van der Waals surface area contributed by atoms with Crippen molar-refractivity contribution in [3.8, 4) is 6.07 Å². The van der Waals surface area contributed by atoms with Gasteiger partial charge in [-0.1, -0.05) is 36.8 Å². The zero-order valence-electron chi connectivity index (χ0n) is 19.6. The van der Waals surface area contributed by atoms with Crippen molar-refractivity contribution in [3.63, 3.8) is 0 Å². The second-order valence-electron chi connectivity index (χ2n) is 11.2. The van der Waals surface area contributed by atoms with Crippen LogP contribution in [0.5, 0.6) is 0 Å². The van der Waals surface area contributed by atoms with E-state index in [0.717, 1.165) is 51.4 Å². The van der Waals surface area contributed by atoms with Gasteiger partial charge in [0.1, 0.15) is 0 Å². The average molecular weight is 446 g/mol. The van der Waals surface area contributed by atoms with E-state index in [1.165, 1.54) is 11.1 Å². The highest BCUT2D eigenvalue weighted by atomic mass is 16.3. The Hall–Kier alpha value is -2.22. The zero-order chi connectivity index (χ0) is 23.3. The summed E-state index contributed by atoms with van der Waals surface area (Å²) < 4.78 is 0. The van der Waals surface area contributed by atoms with Crippen LogP contribution in [0.25, 0.3) is 0 Å². The first-order chi connectivity index (χ1) is 15.8. The third-order valence-corrected chi connectivity index (χ3v) is 10.0. The van der Waals surface area contributed by atoms with Gasteiger partial charge < -0.3 is 10.2 Å². The van der Waals surface area contributed by atoms with E-state index in [-0.39, 0.29) is 23.2 Å². The highest BCUT2D eigenvalue weighted by Crippen LogP contribution is 2.68. The molecule has 4 heteroatoms. The molecular formula is C29H35NO3. The van der Waals surface area contributed by atoms with E-state index in [1.54, 1.807) is 6.08 Å². The molecule has 174 valence electrons. The van der Waals surface area contributed by atoms with Gasteiger partial charge in [0.2, 0.25) is 0 Å². The van der Waals surface area contributed by atoms with Crippen LogP contribution in [0.2, 0.25) is 0 Å². The van der Waals surface area contributed by atoms with Gasteiger partial charge in [0, 0.05) is 11.8 Å². The molecule has 0 saturated heterocycles. The molecule has 0 amide bonds. The van der Waals surface area contributed by atoms with Crippen molar-refractivity contribution in [2.45, 2.75) is 70.3 Å². The number of aliphatic hydroxyl groups excluding tert-OH is 1. The smallest absolute Gasteiger partial charge is 0.155 e. The van der Waals surface area contributed by atoms with Crippen LogP contribution in [0.15, 0.2) is 48.1 Å². The largest absolute Gasteiger partial charge is 0.392 e. The molecule has 5 rings (SSSR count). The van der Waals surface area contributed by atoms with Crippen LogP contribution >= 0.6 is 0 Å². The Kier molecular flexibility index (Phi) is 5.62. The van der Waals surface area contributed by atoms with Crippen LogP contribution in [0, 0.1) is 39.9 Å². The van der Waals surface area contributed by atoms with Gasteiger partial charge in [-0.05, 0) is 98.3 Å². The molecule has 1 aromatic rings. The topological polar surface area (TPSA) is 81.3 Å². The Morgan fingerprint density at radius 3 is 2.58 bits per heavy atom. The third-order valence-electron chi connectivity index (χ3n) is 10.0. The highest BCUT2D eigenvalue weighted by Gasteiger charge is 2.63. The van der Waals surface area contributed by atoms with Gasteiger partial charge in [0.25, 0.3) is 0 Å². The van der Waals surface area contributed by atoms with Crippen molar-refractivity contribution in [1.82, 2.24) is 0 Å². The zero-order valence-corrected chi connectivity index (χ0v) is 19.6. The fourth-order valence-corrected chi connectivity index (χ4v) is 8.33. The lowest BCUT2D eigenvalue weighted by atomic mass is 9.45. The SMILES string of the molecule is C[C@]12CC[C@H]3[C@@H](CCC4=CC(=O)CC[C@@]43Cc3ccc(C#N)cc3)[C@@H]1CC[C@@]2(O)C=CCO. The number of nitrogens with zero attached hydrogens (tertiary/aromatic N) is 1. The highest BCUT2D eigenvalue weighted by molar-refractivity contribution is 5.91. The summed E-state index contributed by atoms with van der Waals surface area (Å²) in [7, 11) is 0. The quantitative estimate of drug-likeness (QED) is 0.647. The maximum atomic E-state index is 12.4. The molecule has 3 saturated carbocycles. The standard InChI is InChI=1S/C29H35NO3/c1-27-13-10-26-24(25(27)11-15-29(27,33)12-2-16-31)8-7-22-17-23(32)9-14-28(22,26)18-20-3-5-21(19-30)6-4-20/h2-6,12,17,24-26,31,33H,7-11,13-16,18H2,1H3/t24-,25-,26-,27-,28+,29-/m0/s1. The summed E-state index contributed by atoms with van der Waals surface area (Å²) in [6.45, 7) is 2.23. The Labute approximate surface area is 197 Å². The van der Waals surface area contributed by atoms with Gasteiger partial charge in [-0.25, -0.2) is 0 Å². The van der Waals surface area contributed by atoms with Crippen LogP contribution in [-0.2, 0) is 11.2 Å². The summed E-state index contributed by atoms with van der Waals surface area (Å²) in [5.41, 5.74) is 2.28. The van der Waals surface area contributed by atoms with Crippen molar-refractivity contribution in [1.29, 1.82) is 5.26 Å². The number of nitriles is 1. The minimum Gasteiger partial charge on any atom is -0.392 e. The van der Waals surface area contributed by atoms with E-state index in [2.05, 4.69) is 25.1 Å². The molecule has 0 bridgehead atoms. The summed E-state index contributed by atoms with van der Waals surface area (Å²) in [6.07, 6.45) is 13.9. The molecule has 4 aliphatic carbocycles. The Morgan fingerprint density at radius 2 is 1.85 bits per heavy atom. The second kappa shape index (κ2) is 8.22. The molecular weight excluding hydrogens is 410 g/mol. The molecule has 3 fully saturated rings. The van der Waals surface area contributed by atoms with E-state index in [4.69, 9.17) is 0 Å². The summed E-state index contributed by atoms with van der Waals surface area (Å²) >= 11 is 0. The maximum Gasteiger partial charge on any atom is 0.155 e. The third kappa shape index (κ3) is 3.44. The van der Waals surface area contributed by atoms with Gasteiger partial charge in [-0.2, -0.15) is 5.26 Å². The number of hydrogen-bond acceptors (Lipinski definition) is 4. The molecule has 4 aliphatic rings. The van der Waals surface area contributed by atoms with E-state index in [0.29, 0.717) is 29.7 Å². The summed E-state index contributed by atoms with van der Waals surface area (Å²) in [5, 5.41) is 30.1. The molecule has 2 N–H and O–H groups in total. The maximum absolute atomic E-state index is 12.4. The first-order valence-corrected chi connectivity index (χ1v) is 12.6. The molecule has 6 atom stereocenters. The van der Waals surface area contributed by atoms with Crippen molar-refractivity contribution in [2.24, 2.45) is 28.6 Å². The first kappa shape index (κ1) is 22.6. The number of carbonyl (C=O) groups is 1. The number of hydrogen-bond donors (Lipinski definition) is 2. The Morgan fingerprint density at radius 1 is 1.09 bits per heavy atom. The second-order valence-corrected chi connectivity index (χ2v) is 11.2. The molecule has 0 aromatic heterocycles. The van der Waals surface area contributed by atoms with Gasteiger partial charge in [-0.15, -0.1) is 0 Å². The van der Waals surface area contributed by atoms with Crippen LogP contribution in [0.4, 0.5) is 0 Å². The van der Waals surface area contributed by atoms with Crippen LogP contribution in [-0.4, -0.2) is 28.2 Å². The van der Waals surface area contributed by atoms with Gasteiger partial charge in [-0.3, -0.25) is 4.79 Å². The number of fused-ring (bicyclic) bond motifs is 5. The monoisotopic (exact) mass is 445 g/mol. The van der Waals surface area contributed by atoms with Crippen molar-refractivity contribution >= 4 is 5.78 Å². The lowest BCUT2D eigenvalue weighted by Gasteiger charge is -2.60. The molecule has 33 heavy (non-hydrogen) atoms. The lowest BCUT2D eigenvalue weighted by molar-refractivity contribution is -0.121. The summed E-state index contributed by atoms with van der Waals surface area (Å²) in [6, 6.07) is 10.2. The molecule has 0 radical (unpaired) electrons. The Bertz CT molecular complexity index is 1030. The number of benzene rings is 1. The summed E-state index contributed by atoms with van der Waals surface area (Å²) in [5.74, 6) is 1.79. The van der Waals surface area contributed by atoms with Crippen LogP contribution < -0.4 is 0 Å². The molecule has 4 nitrogen and oxygen atoms in total. The molecule has 0 aliphatic heterocycles. The number of aliphatic hydroxyl groups is 2. The molecule has 0 heterocycles. The van der Waals surface area contributed by atoms with Gasteiger partial charge >= 0.3 is 0 Å². The van der Waals surface area contributed by atoms with Crippen LogP contribution in [0.1, 0.15) is 69.4 Å². The number of carbonyl (C=O) groups excluding carboxylic acids is 1. The van der Waals surface area contributed by atoms with E-state index < -0.39 is 5.60 Å². The Balaban J connectivity index is 1.51.